The molecule has 2 nitrogen and oxygen atoms in total. The van der Waals surface area contributed by atoms with Crippen LogP contribution in [-0.4, -0.2) is 18.3 Å². The van der Waals surface area contributed by atoms with Crippen molar-refractivity contribution in [1.29, 1.82) is 0 Å². The van der Waals surface area contributed by atoms with E-state index in [2.05, 4.69) is 43.8 Å². The first-order chi connectivity index (χ1) is 8.15. The predicted octanol–water partition coefficient (Wildman–Crippen LogP) is 4.19. The first-order valence-corrected chi connectivity index (χ1v) is 7.85. The lowest BCUT2D eigenvalue weighted by Crippen LogP contribution is -2.25. The molecule has 0 aromatic heterocycles. The third kappa shape index (κ3) is 5.57. The highest BCUT2D eigenvalue weighted by Gasteiger charge is 2.09. The van der Waals surface area contributed by atoms with E-state index in [1.165, 1.54) is 0 Å². The van der Waals surface area contributed by atoms with E-state index in [-0.39, 0.29) is 5.91 Å². The molecule has 94 valence electrons. The van der Waals surface area contributed by atoms with Gasteiger partial charge in [-0.2, -0.15) is 0 Å². The first-order valence-electron chi connectivity index (χ1n) is 5.44. The lowest BCUT2D eigenvalue weighted by Gasteiger charge is -2.07. The van der Waals surface area contributed by atoms with E-state index >= 15 is 0 Å². The molecule has 1 aromatic rings. The van der Waals surface area contributed by atoms with Gasteiger partial charge in [-0.25, -0.2) is 0 Å². The molecule has 17 heavy (non-hydrogen) atoms. The minimum atomic E-state index is -0.0124. The summed E-state index contributed by atoms with van der Waals surface area (Å²) in [6, 6.07) is 5.70. The molecule has 0 aliphatic heterocycles. The van der Waals surface area contributed by atoms with E-state index in [0.717, 1.165) is 32.9 Å². The molecular formula is C12H14BrClINO. The van der Waals surface area contributed by atoms with Crippen molar-refractivity contribution in [3.05, 3.63) is 31.8 Å². The fourth-order valence-electron chi connectivity index (χ4n) is 1.36. The van der Waals surface area contributed by atoms with Gasteiger partial charge in [0.05, 0.1) is 5.56 Å². The maximum atomic E-state index is 11.9. The number of hydrogen-bond donors (Lipinski definition) is 1. The van der Waals surface area contributed by atoms with Gasteiger partial charge in [0.25, 0.3) is 5.91 Å². The third-order valence-electron chi connectivity index (χ3n) is 2.27. The Morgan fingerprint density at radius 1 is 1.35 bits per heavy atom. The summed E-state index contributed by atoms with van der Waals surface area (Å²) in [5.41, 5.74) is 0.720. The van der Waals surface area contributed by atoms with Gasteiger partial charge in [0.2, 0.25) is 0 Å². The zero-order valence-corrected chi connectivity index (χ0v) is 13.8. The molecule has 1 aromatic carbocycles. The second kappa shape index (κ2) is 8.32. The Labute approximate surface area is 129 Å². The Balaban J connectivity index is 2.44. The van der Waals surface area contributed by atoms with Crippen LogP contribution in [0.3, 0.4) is 0 Å². The molecule has 0 aliphatic rings. The molecule has 0 spiro atoms. The van der Waals surface area contributed by atoms with Crippen LogP contribution in [0.4, 0.5) is 0 Å². The summed E-state index contributed by atoms with van der Waals surface area (Å²) in [5.74, 6) is 0.680. The number of nitrogens with one attached hydrogen (secondary N) is 1. The molecule has 1 rings (SSSR count). The molecule has 1 amide bonds. The maximum Gasteiger partial charge on any atom is 0.252 e. The van der Waals surface area contributed by atoms with Crippen LogP contribution in [0.25, 0.3) is 0 Å². The molecule has 0 aliphatic carbocycles. The normalized spacial score (nSPS) is 10.3. The van der Waals surface area contributed by atoms with E-state index in [1.807, 2.05) is 18.2 Å². The summed E-state index contributed by atoms with van der Waals surface area (Å²) in [5, 5.41) is 2.92. The van der Waals surface area contributed by atoms with Crippen molar-refractivity contribution in [1.82, 2.24) is 5.32 Å². The molecule has 0 bridgehead atoms. The highest BCUT2D eigenvalue weighted by atomic mass is 127. The molecule has 0 saturated carbocycles. The molecule has 0 atom stereocenters. The van der Waals surface area contributed by atoms with Crippen molar-refractivity contribution < 1.29 is 4.79 Å². The lowest BCUT2D eigenvalue weighted by atomic mass is 10.2. The number of amides is 1. The van der Waals surface area contributed by atoms with Gasteiger partial charge in [0.15, 0.2) is 0 Å². The van der Waals surface area contributed by atoms with Crippen molar-refractivity contribution in [2.45, 2.75) is 19.3 Å². The largest absolute Gasteiger partial charge is 0.352 e. The fraction of sp³-hybridized carbons (Fsp3) is 0.417. The van der Waals surface area contributed by atoms with Gasteiger partial charge < -0.3 is 5.32 Å². The minimum absolute atomic E-state index is 0.0124. The number of rotatable bonds is 6. The zero-order chi connectivity index (χ0) is 12.7. The van der Waals surface area contributed by atoms with Crippen molar-refractivity contribution in [3.8, 4) is 0 Å². The highest BCUT2D eigenvalue weighted by Crippen LogP contribution is 2.18. The fourth-order valence-corrected chi connectivity index (χ4v) is 2.50. The van der Waals surface area contributed by atoms with Gasteiger partial charge in [-0.15, -0.1) is 11.6 Å². The van der Waals surface area contributed by atoms with E-state index < -0.39 is 0 Å². The summed E-state index contributed by atoms with van der Waals surface area (Å²) in [4.78, 5) is 11.9. The average Bonchev–Trinajstić information content (AvgIpc) is 2.32. The number of halogens is 3. The second-order valence-corrected chi connectivity index (χ2v) is 6.09. The summed E-state index contributed by atoms with van der Waals surface area (Å²) in [6.07, 6.45) is 3.04. The van der Waals surface area contributed by atoms with Gasteiger partial charge in [-0.1, -0.05) is 22.4 Å². The van der Waals surface area contributed by atoms with Crippen molar-refractivity contribution in [2.75, 3.05) is 12.4 Å². The summed E-state index contributed by atoms with van der Waals surface area (Å²) in [7, 11) is 0. The maximum absolute atomic E-state index is 11.9. The van der Waals surface area contributed by atoms with E-state index in [9.17, 15) is 4.79 Å². The van der Waals surface area contributed by atoms with Gasteiger partial charge in [-0.3, -0.25) is 4.79 Å². The summed E-state index contributed by atoms with van der Waals surface area (Å²) in [6.45, 7) is 0.707. The van der Waals surface area contributed by atoms with Crippen LogP contribution in [0, 0.1) is 3.57 Å². The molecule has 0 heterocycles. The third-order valence-corrected chi connectivity index (χ3v) is 3.97. The van der Waals surface area contributed by atoms with Crippen LogP contribution in [0.1, 0.15) is 29.6 Å². The van der Waals surface area contributed by atoms with Crippen molar-refractivity contribution in [2.24, 2.45) is 0 Å². The van der Waals surface area contributed by atoms with Gasteiger partial charge in [0, 0.05) is 20.5 Å². The van der Waals surface area contributed by atoms with Crippen molar-refractivity contribution >= 4 is 56.0 Å². The van der Waals surface area contributed by atoms with E-state index in [4.69, 9.17) is 11.6 Å². The van der Waals surface area contributed by atoms with E-state index in [0.29, 0.717) is 12.4 Å². The lowest BCUT2D eigenvalue weighted by molar-refractivity contribution is 0.0952. The number of alkyl halides is 1. The van der Waals surface area contributed by atoms with Crippen LogP contribution >= 0.6 is 50.1 Å². The van der Waals surface area contributed by atoms with Crippen LogP contribution in [0.2, 0.25) is 0 Å². The molecule has 0 saturated heterocycles. The van der Waals surface area contributed by atoms with Crippen molar-refractivity contribution in [3.63, 3.8) is 0 Å². The van der Waals surface area contributed by atoms with E-state index in [1.54, 1.807) is 0 Å². The highest BCUT2D eigenvalue weighted by molar-refractivity contribution is 14.1. The summed E-state index contributed by atoms with van der Waals surface area (Å²) >= 11 is 11.1. The van der Waals surface area contributed by atoms with Gasteiger partial charge in [-0.05, 0) is 53.6 Å². The molecular weight excluding hydrogens is 416 g/mol. The monoisotopic (exact) mass is 429 g/mol. The molecule has 0 radical (unpaired) electrons. The first kappa shape index (κ1) is 15.2. The Hall–Kier alpha value is 0.190. The molecule has 0 unspecified atom stereocenters. The van der Waals surface area contributed by atoms with Crippen LogP contribution < -0.4 is 5.32 Å². The topological polar surface area (TPSA) is 29.1 Å². The molecule has 1 N–H and O–H groups in total. The van der Waals surface area contributed by atoms with Crippen LogP contribution in [0.15, 0.2) is 22.7 Å². The minimum Gasteiger partial charge on any atom is -0.352 e. The molecule has 0 fully saturated rings. The quantitative estimate of drug-likeness (QED) is 0.409. The molecule has 5 heteroatoms. The smallest absolute Gasteiger partial charge is 0.252 e. The van der Waals surface area contributed by atoms with Crippen LogP contribution in [0.5, 0.6) is 0 Å². The standard InChI is InChI=1S/C12H14BrClINO/c13-9-4-5-11(15)10(8-9)12(17)16-7-3-1-2-6-14/h4-5,8H,1-3,6-7H2,(H,16,17). The van der Waals surface area contributed by atoms with Crippen LogP contribution in [-0.2, 0) is 0 Å². The summed E-state index contributed by atoms with van der Waals surface area (Å²) < 4.78 is 1.88. The SMILES string of the molecule is O=C(NCCCCCCl)c1cc(Br)ccc1I. The Bertz CT molecular complexity index is 387. The predicted molar refractivity (Wildman–Crippen MR) is 83.8 cm³/mol. The Morgan fingerprint density at radius 3 is 2.82 bits per heavy atom. The van der Waals surface area contributed by atoms with Gasteiger partial charge >= 0.3 is 0 Å². The zero-order valence-electron chi connectivity index (χ0n) is 9.31. The second-order valence-electron chi connectivity index (χ2n) is 3.63. The number of carbonyl (C=O) groups is 1. The van der Waals surface area contributed by atoms with Gasteiger partial charge in [0.1, 0.15) is 0 Å². The Kier molecular flexibility index (Phi) is 7.46. The Morgan fingerprint density at radius 2 is 2.12 bits per heavy atom. The number of carbonyl (C=O) groups excluding carboxylic acids is 1. The number of hydrogen-bond acceptors (Lipinski definition) is 1. The number of unbranched alkanes of at least 4 members (excludes halogenated alkanes) is 2. The number of benzene rings is 1. The average molecular weight is 431 g/mol.